The Morgan fingerprint density at radius 2 is 1.95 bits per heavy atom. The van der Waals surface area contributed by atoms with Crippen molar-refractivity contribution in [2.75, 3.05) is 25.2 Å². The van der Waals surface area contributed by atoms with Crippen LogP contribution in [0.4, 0.5) is 0 Å². The SMILES string of the molecule is CC[C@H](C)[C@H](NC(=O)CS(=O)(=O)CCOC)C(=O)O. The van der Waals surface area contributed by atoms with Gasteiger partial charge in [0.25, 0.3) is 0 Å². The second kappa shape index (κ2) is 8.11. The summed E-state index contributed by atoms with van der Waals surface area (Å²) >= 11 is 0. The molecule has 0 aromatic carbocycles. The number of carboxylic acids is 1. The van der Waals surface area contributed by atoms with E-state index in [1.54, 1.807) is 13.8 Å². The van der Waals surface area contributed by atoms with Gasteiger partial charge < -0.3 is 15.2 Å². The van der Waals surface area contributed by atoms with Gasteiger partial charge in [-0.2, -0.15) is 0 Å². The van der Waals surface area contributed by atoms with Crippen molar-refractivity contribution in [1.82, 2.24) is 5.32 Å². The Bertz CT molecular complexity index is 405. The number of hydrogen-bond donors (Lipinski definition) is 2. The molecule has 0 radical (unpaired) electrons. The topological polar surface area (TPSA) is 110 Å². The second-order valence-electron chi connectivity index (χ2n) is 4.35. The molecule has 2 N–H and O–H groups in total. The van der Waals surface area contributed by atoms with Gasteiger partial charge in [-0.05, 0) is 5.92 Å². The van der Waals surface area contributed by atoms with Crippen LogP contribution in [0.25, 0.3) is 0 Å². The number of ether oxygens (including phenoxy) is 1. The average Bonchev–Trinajstić information content (AvgIpc) is 2.31. The smallest absolute Gasteiger partial charge is 0.326 e. The summed E-state index contributed by atoms with van der Waals surface area (Å²) in [5.74, 6) is -3.24. The summed E-state index contributed by atoms with van der Waals surface area (Å²) in [5, 5.41) is 11.2. The molecule has 0 spiro atoms. The highest BCUT2D eigenvalue weighted by Crippen LogP contribution is 2.08. The van der Waals surface area contributed by atoms with Gasteiger partial charge in [0.2, 0.25) is 5.91 Å². The molecule has 19 heavy (non-hydrogen) atoms. The van der Waals surface area contributed by atoms with E-state index in [9.17, 15) is 18.0 Å². The molecule has 0 saturated heterocycles. The Hall–Kier alpha value is -1.15. The van der Waals surface area contributed by atoms with Gasteiger partial charge in [-0.25, -0.2) is 13.2 Å². The van der Waals surface area contributed by atoms with E-state index in [0.29, 0.717) is 6.42 Å². The lowest BCUT2D eigenvalue weighted by Gasteiger charge is -2.20. The van der Waals surface area contributed by atoms with Crippen molar-refractivity contribution in [3.8, 4) is 0 Å². The number of carbonyl (C=O) groups excluding carboxylic acids is 1. The van der Waals surface area contributed by atoms with Crippen LogP contribution in [0.1, 0.15) is 20.3 Å². The van der Waals surface area contributed by atoms with Crippen molar-refractivity contribution in [2.24, 2.45) is 5.92 Å². The molecule has 8 heteroatoms. The van der Waals surface area contributed by atoms with E-state index in [1.165, 1.54) is 7.11 Å². The standard InChI is InChI=1S/C11H21NO6S/c1-4-8(2)10(11(14)15)12-9(13)7-19(16,17)6-5-18-3/h8,10H,4-7H2,1-3H3,(H,12,13)(H,14,15)/t8-,10-/m0/s1. The molecule has 7 nitrogen and oxygen atoms in total. The van der Waals surface area contributed by atoms with E-state index in [0.717, 1.165) is 0 Å². The largest absolute Gasteiger partial charge is 0.480 e. The van der Waals surface area contributed by atoms with Crippen molar-refractivity contribution < 1.29 is 27.9 Å². The fraction of sp³-hybridized carbons (Fsp3) is 0.818. The lowest BCUT2D eigenvalue weighted by molar-refractivity contribution is -0.143. The van der Waals surface area contributed by atoms with Crippen LogP contribution in [0.3, 0.4) is 0 Å². The molecular formula is C11H21NO6S. The van der Waals surface area contributed by atoms with E-state index in [-0.39, 0.29) is 18.3 Å². The highest BCUT2D eigenvalue weighted by atomic mass is 32.2. The number of carboxylic acid groups (broad SMARTS) is 1. The van der Waals surface area contributed by atoms with Gasteiger partial charge in [-0.3, -0.25) is 4.79 Å². The van der Waals surface area contributed by atoms with Gasteiger partial charge >= 0.3 is 5.97 Å². The number of sulfone groups is 1. The van der Waals surface area contributed by atoms with Crippen LogP contribution >= 0.6 is 0 Å². The number of hydrogen-bond acceptors (Lipinski definition) is 5. The second-order valence-corrected chi connectivity index (χ2v) is 6.54. The molecule has 0 aliphatic rings. The molecule has 0 rings (SSSR count). The number of amides is 1. The Morgan fingerprint density at radius 3 is 2.37 bits per heavy atom. The number of rotatable bonds is 9. The van der Waals surface area contributed by atoms with Crippen molar-refractivity contribution in [3.63, 3.8) is 0 Å². The zero-order chi connectivity index (χ0) is 15.1. The molecule has 112 valence electrons. The molecule has 0 aliphatic heterocycles. The minimum Gasteiger partial charge on any atom is -0.480 e. The van der Waals surface area contributed by atoms with E-state index < -0.39 is 33.5 Å². The van der Waals surface area contributed by atoms with Gasteiger partial charge in [-0.1, -0.05) is 20.3 Å². The van der Waals surface area contributed by atoms with Crippen LogP contribution < -0.4 is 5.32 Å². The maximum atomic E-state index is 11.6. The van der Waals surface area contributed by atoms with Crippen LogP contribution in [0, 0.1) is 5.92 Å². The minimum absolute atomic E-state index is 0.00331. The third kappa shape index (κ3) is 7.12. The fourth-order valence-electron chi connectivity index (χ4n) is 1.38. The number of aliphatic carboxylic acids is 1. The van der Waals surface area contributed by atoms with Gasteiger partial charge in [0.1, 0.15) is 11.8 Å². The average molecular weight is 295 g/mol. The fourth-order valence-corrected chi connectivity index (χ4v) is 2.43. The van der Waals surface area contributed by atoms with E-state index in [2.05, 4.69) is 10.1 Å². The van der Waals surface area contributed by atoms with Crippen molar-refractivity contribution in [2.45, 2.75) is 26.3 Å². The number of methoxy groups -OCH3 is 1. The van der Waals surface area contributed by atoms with Crippen molar-refractivity contribution in [1.29, 1.82) is 0 Å². The Morgan fingerprint density at radius 1 is 1.37 bits per heavy atom. The summed E-state index contributed by atoms with van der Waals surface area (Å²) in [6, 6.07) is -1.07. The molecule has 0 aromatic heterocycles. The van der Waals surface area contributed by atoms with Crippen LogP contribution in [0.2, 0.25) is 0 Å². The quantitative estimate of drug-likeness (QED) is 0.602. The van der Waals surface area contributed by atoms with Gasteiger partial charge in [-0.15, -0.1) is 0 Å². The summed E-state index contributed by atoms with van der Waals surface area (Å²) in [6.07, 6.45) is 0.563. The number of nitrogens with one attached hydrogen (secondary N) is 1. The molecule has 2 atom stereocenters. The molecule has 0 heterocycles. The Balaban J connectivity index is 4.55. The van der Waals surface area contributed by atoms with E-state index in [4.69, 9.17) is 5.11 Å². The van der Waals surface area contributed by atoms with Crippen molar-refractivity contribution >= 4 is 21.7 Å². The molecule has 0 unspecified atom stereocenters. The minimum atomic E-state index is -3.58. The van der Waals surface area contributed by atoms with Gasteiger partial charge in [0, 0.05) is 7.11 Å². The van der Waals surface area contributed by atoms with Crippen molar-refractivity contribution in [3.05, 3.63) is 0 Å². The summed E-state index contributed by atoms with van der Waals surface area (Å²) in [7, 11) is -2.22. The maximum Gasteiger partial charge on any atom is 0.326 e. The predicted molar refractivity (Wildman–Crippen MR) is 69.6 cm³/mol. The summed E-state index contributed by atoms with van der Waals surface area (Å²) in [5.41, 5.74) is 0. The molecule has 0 aromatic rings. The highest BCUT2D eigenvalue weighted by molar-refractivity contribution is 7.92. The highest BCUT2D eigenvalue weighted by Gasteiger charge is 2.27. The zero-order valence-electron chi connectivity index (χ0n) is 11.4. The normalized spacial score (nSPS) is 14.7. The molecule has 0 bridgehead atoms. The molecule has 0 aliphatic carbocycles. The molecule has 0 saturated carbocycles. The summed E-state index contributed by atoms with van der Waals surface area (Å²) in [4.78, 5) is 22.6. The lowest BCUT2D eigenvalue weighted by Crippen LogP contribution is -2.47. The first-order valence-corrected chi connectivity index (χ1v) is 7.77. The first-order valence-electron chi connectivity index (χ1n) is 5.95. The third-order valence-electron chi connectivity index (χ3n) is 2.74. The van der Waals surface area contributed by atoms with E-state index >= 15 is 0 Å². The van der Waals surface area contributed by atoms with Crippen LogP contribution in [-0.4, -0.2) is 56.7 Å². The monoisotopic (exact) mass is 295 g/mol. The molecule has 1 amide bonds. The first kappa shape index (κ1) is 17.8. The van der Waals surface area contributed by atoms with Crippen LogP contribution in [0.5, 0.6) is 0 Å². The summed E-state index contributed by atoms with van der Waals surface area (Å²) < 4.78 is 27.6. The lowest BCUT2D eigenvalue weighted by atomic mass is 9.99. The Kier molecular flexibility index (Phi) is 7.62. The van der Waals surface area contributed by atoms with Crippen LogP contribution in [-0.2, 0) is 24.2 Å². The van der Waals surface area contributed by atoms with E-state index in [1.807, 2.05) is 0 Å². The predicted octanol–water partition coefficient (Wildman–Crippen LogP) is -0.337. The zero-order valence-corrected chi connectivity index (χ0v) is 12.2. The van der Waals surface area contributed by atoms with Crippen LogP contribution in [0.15, 0.2) is 0 Å². The molecule has 0 fully saturated rings. The van der Waals surface area contributed by atoms with Gasteiger partial charge in [0.15, 0.2) is 9.84 Å². The number of carbonyl (C=O) groups is 2. The first-order chi connectivity index (χ1) is 8.73. The molecular weight excluding hydrogens is 274 g/mol. The Labute approximate surface area is 113 Å². The van der Waals surface area contributed by atoms with Gasteiger partial charge in [0.05, 0.1) is 12.4 Å². The maximum absolute atomic E-state index is 11.6. The third-order valence-corrected chi connectivity index (χ3v) is 4.24. The summed E-state index contributed by atoms with van der Waals surface area (Å²) in [6.45, 7) is 3.48.